The number of anilines is 1. The number of hydrogen-bond acceptors (Lipinski definition) is 4. The molecule has 2 N–H and O–H groups in total. The van der Waals surface area contributed by atoms with Gasteiger partial charge >= 0.3 is 0 Å². The summed E-state index contributed by atoms with van der Waals surface area (Å²) < 4.78 is 5.12. The third-order valence-corrected chi connectivity index (χ3v) is 2.83. The molecule has 0 unspecified atom stereocenters. The van der Waals surface area contributed by atoms with E-state index in [4.69, 9.17) is 10.5 Å². The van der Waals surface area contributed by atoms with Crippen molar-refractivity contribution < 1.29 is 4.74 Å². The molecule has 0 amide bonds. The van der Waals surface area contributed by atoms with E-state index in [1.165, 1.54) is 5.56 Å². The van der Waals surface area contributed by atoms with Gasteiger partial charge in [-0.05, 0) is 30.8 Å². The summed E-state index contributed by atoms with van der Waals surface area (Å²) in [6.45, 7) is 1.61. The van der Waals surface area contributed by atoms with Crippen molar-refractivity contribution in [2.24, 2.45) is 0 Å². The van der Waals surface area contributed by atoms with Crippen LogP contribution in [0.2, 0.25) is 0 Å². The summed E-state index contributed by atoms with van der Waals surface area (Å²) in [6.07, 6.45) is 0. The summed E-state index contributed by atoms with van der Waals surface area (Å²) in [7, 11) is 3.69. The number of methoxy groups -OCH3 is 1. The summed E-state index contributed by atoms with van der Waals surface area (Å²) in [5.74, 6) is 0.648. The van der Waals surface area contributed by atoms with Crippen molar-refractivity contribution in [2.45, 2.75) is 13.1 Å². The average Bonchev–Trinajstić information content (AvgIpc) is 2.38. The molecule has 1 aromatic carbocycles. The molecule has 0 spiro atoms. The highest BCUT2D eigenvalue weighted by Gasteiger charge is 2.04. The lowest BCUT2D eigenvalue weighted by molar-refractivity contribution is 0.312. The number of nitrogens with two attached hydrogens (primary N) is 1. The van der Waals surface area contributed by atoms with Crippen molar-refractivity contribution in [3.63, 3.8) is 0 Å². The van der Waals surface area contributed by atoms with Gasteiger partial charge in [-0.2, -0.15) is 0 Å². The Hall–Kier alpha value is -2.07. The highest BCUT2D eigenvalue weighted by Crippen LogP contribution is 2.12. The van der Waals surface area contributed by atoms with Crippen LogP contribution in [0.5, 0.6) is 5.88 Å². The van der Waals surface area contributed by atoms with E-state index in [-0.39, 0.29) is 0 Å². The molecule has 1 aromatic heterocycles. The van der Waals surface area contributed by atoms with Crippen LogP contribution in [-0.2, 0) is 13.1 Å². The molecule has 19 heavy (non-hydrogen) atoms. The molecule has 0 saturated carbocycles. The second-order valence-electron chi connectivity index (χ2n) is 4.59. The first-order valence-corrected chi connectivity index (χ1v) is 6.20. The first-order chi connectivity index (χ1) is 9.17. The Kier molecular flexibility index (Phi) is 4.36. The number of pyridine rings is 1. The number of rotatable bonds is 5. The van der Waals surface area contributed by atoms with Crippen LogP contribution in [0.25, 0.3) is 0 Å². The smallest absolute Gasteiger partial charge is 0.213 e. The van der Waals surface area contributed by atoms with Gasteiger partial charge < -0.3 is 10.5 Å². The Morgan fingerprint density at radius 1 is 1.16 bits per heavy atom. The quantitative estimate of drug-likeness (QED) is 0.835. The van der Waals surface area contributed by atoms with E-state index in [2.05, 4.69) is 23.0 Å². The predicted octanol–water partition coefficient (Wildman–Crippen LogP) is 2.30. The average molecular weight is 257 g/mol. The molecule has 0 saturated heterocycles. The Morgan fingerprint density at radius 3 is 2.68 bits per heavy atom. The number of nitrogen functional groups attached to an aromatic ring is 1. The summed E-state index contributed by atoms with van der Waals surface area (Å²) >= 11 is 0. The maximum Gasteiger partial charge on any atom is 0.213 e. The van der Waals surface area contributed by atoms with Crippen molar-refractivity contribution in [1.29, 1.82) is 0 Å². The topological polar surface area (TPSA) is 51.4 Å². The Labute approximate surface area is 113 Å². The van der Waals surface area contributed by atoms with Gasteiger partial charge in [0.25, 0.3) is 0 Å². The van der Waals surface area contributed by atoms with E-state index < -0.39 is 0 Å². The highest BCUT2D eigenvalue weighted by atomic mass is 16.5. The lowest BCUT2D eigenvalue weighted by Gasteiger charge is -2.16. The molecule has 0 aliphatic rings. The first kappa shape index (κ1) is 13.4. The molecule has 4 heteroatoms. The molecule has 2 rings (SSSR count). The van der Waals surface area contributed by atoms with Gasteiger partial charge in [-0.25, -0.2) is 4.98 Å². The second-order valence-corrected chi connectivity index (χ2v) is 4.59. The Balaban J connectivity index is 1.98. The van der Waals surface area contributed by atoms with Gasteiger partial charge in [-0.3, -0.25) is 4.90 Å². The van der Waals surface area contributed by atoms with Crippen LogP contribution in [0.4, 0.5) is 5.69 Å². The standard InChI is InChI=1S/C15H19N3O/c1-18(10-12-5-3-6-13(16)9-12)11-14-7-4-8-15(17-14)19-2/h3-9H,10-11,16H2,1-2H3. The molecule has 0 atom stereocenters. The molecular formula is C15H19N3O. The van der Waals surface area contributed by atoms with E-state index in [0.717, 1.165) is 24.5 Å². The molecule has 0 aliphatic carbocycles. The van der Waals surface area contributed by atoms with Crippen LogP contribution in [-0.4, -0.2) is 24.0 Å². The molecule has 0 radical (unpaired) electrons. The zero-order chi connectivity index (χ0) is 13.7. The summed E-state index contributed by atoms with van der Waals surface area (Å²) in [6, 6.07) is 13.7. The number of ether oxygens (including phenoxy) is 1. The maximum atomic E-state index is 5.78. The minimum atomic E-state index is 0.648. The van der Waals surface area contributed by atoms with Gasteiger partial charge in [0.2, 0.25) is 5.88 Å². The van der Waals surface area contributed by atoms with Gasteiger partial charge in [0.05, 0.1) is 12.8 Å². The fourth-order valence-corrected chi connectivity index (χ4v) is 1.99. The molecule has 0 fully saturated rings. The number of hydrogen-bond donors (Lipinski definition) is 1. The van der Waals surface area contributed by atoms with Crippen molar-refractivity contribution in [2.75, 3.05) is 19.9 Å². The molecule has 0 bridgehead atoms. The molecule has 1 heterocycles. The number of nitrogens with zero attached hydrogens (tertiary/aromatic N) is 2. The number of benzene rings is 1. The number of aromatic nitrogens is 1. The zero-order valence-corrected chi connectivity index (χ0v) is 11.3. The first-order valence-electron chi connectivity index (χ1n) is 6.20. The monoisotopic (exact) mass is 257 g/mol. The molecule has 4 nitrogen and oxygen atoms in total. The van der Waals surface area contributed by atoms with Crippen molar-refractivity contribution in [3.05, 3.63) is 53.7 Å². The SMILES string of the molecule is COc1cccc(CN(C)Cc2cccc(N)c2)n1. The third kappa shape index (κ3) is 3.96. The van der Waals surface area contributed by atoms with Crippen LogP contribution >= 0.6 is 0 Å². The molecule has 2 aromatic rings. The third-order valence-electron chi connectivity index (χ3n) is 2.83. The van der Waals surface area contributed by atoms with E-state index in [0.29, 0.717) is 5.88 Å². The molecule has 0 aliphatic heterocycles. The van der Waals surface area contributed by atoms with Gasteiger partial charge in [-0.15, -0.1) is 0 Å². The Bertz CT molecular complexity index is 542. The summed E-state index contributed by atoms with van der Waals surface area (Å²) in [5, 5.41) is 0. The van der Waals surface area contributed by atoms with E-state index in [9.17, 15) is 0 Å². The van der Waals surface area contributed by atoms with E-state index >= 15 is 0 Å². The molecular weight excluding hydrogens is 238 g/mol. The van der Waals surface area contributed by atoms with Gasteiger partial charge in [-0.1, -0.05) is 18.2 Å². The highest BCUT2D eigenvalue weighted by molar-refractivity contribution is 5.40. The molecule has 100 valence electrons. The minimum Gasteiger partial charge on any atom is -0.481 e. The van der Waals surface area contributed by atoms with E-state index in [1.54, 1.807) is 7.11 Å². The van der Waals surface area contributed by atoms with Crippen LogP contribution in [0, 0.1) is 0 Å². The minimum absolute atomic E-state index is 0.648. The summed E-state index contributed by atoms with van der Waals surface area (Å²) in [4.78, 5) is 6.59. The Morgan fingerprint density at radius 2 is 1.95 bits per heavy atom. The van der Waals surface area contributed by atoms with Crippen LogP contribution in [0.1, 0.15) is 11.3 Å². The van der Waals surface area contributed by atoms with Crippen molar-refractivity contribution >= 4 is 5.69 Å². The second kappa shape index (κ2) is 6.20. The fourth-order valence-electron chi connectivity index (χ4n) is 1.99. The predicted molar refractivity (Wildman–Crippen MR) is 76.8 cm³/mol. The van der Waals surface area contributed by atoms with Gasteiger partial charge in [0.15, 0.2) is 0 Å². The van der Waals surface area contributed by atoms with Gasteiger partial charge in [0, 0.05) is 24.8 Å². The zero-order valence-electron chi connectivity index (χ0n) is 11.3. The fraction of sp³-hybridized carbons (Fsp3) is 0.267. The van der Waals surface area contributed by atoms with Gasteiger partial charge in [0.1, 0.15) is 0 Å². The maximum absolute atomic E-state index is 5.78. The normalized spacial score (nSPS) is 10.7. The van der Waals surface area contributed by atoms with Crippen molar-refractivity contribution in [3.8, 4) is 5.88 Å². The van der Waals surface area contributed by atoms with Crippen molar-refractivity contribution in [1.82, 2.24) is 9.88 Å². The largest absolute Gasteiger partial charge is 0.481 e. The lowest BCUT2D eigenvalue weighted by atomic mass is 10.2. The summed E-state index contributed by atoms with van der Waals surface area (Å²) in [5.41, 5.74) is 8.76. The lowest BCUT2D eigenvalue weighted by Crippen LogP contribution is -2.18. The van der Waals surface area contributed by atoms with E-state index in [1.807, 2.05) is 36.4 Å². The van der Waals surface area contributed by atoms with Crippen LogP contribution in [0.15, 0.2) is 42.5 Å². The van der Waals surface area contributed by atoms with Crippen LogP contribution < -0.4 is 10.5 Å². The van der Waals surface area contributed by atoms with Crippen LogP contribution in [0.3, 0.4) is 0 Å².